The standard InChI is InChI=1S/C13H13F3O2/c1-3-4-11(13(14,15)16)9-5-7-10(8-6-9)12(17)18-2/h3,5-8,11H,1,4H2,2H3. The molecule has 2 nitrogen and oxygen atoms in total. The molecule has 98 valence electrons. The van der Waals surface area contributed by atoms with Gasteiger partial charge in [0, 0.05) is 0 Å². The first-order chi connectivity index (χ1) is 8.40. The summed E-state index contributed by atoms with van der Waals surface area (Å²) in [7, 11) is 1.21. The summed E-state index contributed by atoms with van der Waals surface area (Å²) >= 11 is 0. The van der Waals surface area contributed by atoms with Crippen LogP contribution in [0.5, 0.6) is 0 Å². The highest BCUT2D eigenvalue weighted by molar-refractivity contribution is 5.89. The van der Waals surface area contributed by atoms with E-state index in [9.17, 15) is 18.0 Å². The van der Waals surface area contributed by atoms with Crippen LogP contribution in [-0.4, -0.2) is 19.3 Å². The van der Waals surface area contributed by atoms with Crippen LogP contribution in [0.15, 0.2) is 36.9 Å². The fourth-order valence-corrected chi connectivity index (χ4v) is 1.59. The Morgan fingerprint density at radius 2 is 1.94 bits per heavy atom. The lowest BCUT2D eigenvalue weighted by atomic mass is 9.94. The van der Waals surface area contributed by atoms with Crippen molar-refractivity contribution in [1.82, 2.24) is 0 Å². The third kappa shape index (κ3) is 3.35. The second-order valence-electron chi connectivity index (χ2n) is 3.73. The van der Waals surface area contributed by atoms with E-state index in [1.54, 1.807) is 0 Å². The SMILES string of the molecule is C=CCC(c1ccc(C(=O)OC)cc1)C(F)(F)F. The van der Waals surface area contributed by atoms with Crippen LogP contribution in [-0.2, 0) is 4.74 Å². The molecule has 0 aliphatic rings. The Hall–Kier alpha value is -1.78. The summed E-state index contributed by atoms with van der Waals surface area (Å²) in [6, 6.07) is 5.22. The van der Waals surface area contributed by atoms with Crippen molar-refractivity contribution in [2.75, 3.05) is 7.11 Å². The van der Waals surface area contributed by atoms with E-state index in [-0.39, 0.29) is 17.5 Å². The van der Waals surface area contributed by atoms with Crippen LogP contribution in [0, 0.1) is 0 Å². The third-order valence-electron chi connectivity index (χ3n) is 2.53. The molecule has 0 spiro atoms. The van der Waals surface area contributed by atoms with E-state index in [2.05, 4.69) is 11.3 Å². The maximum Gasteiger partial charge on any atom is 0.396 e. The molecule has 0 bridgehead atoms. The van der Waals surface area contributed by atoms with Crippen molar-refractivity contribution in [2.24, 2.45) is 0 Å². The predicted molar refractivity (Wildman–Crippen MR) is 61.4 cm³/mol. The lowest BCUT2D eigenvalue weighted by molar-refractivity contribution is -0.149. The molecule has 1 aromatic carbocycles. The number of halogens is 3. The van der Waals surface area contributed by atoms with E-state index >= 15 is 0 Å². The van der Waals surface area contributed by atoms with Crippen LogP contribution in [0.1, 0.15) is 28.3 Å². The normalized spacial score (nSPS) is 12.9. The van der Waals surface area contributed by atoms with Gasteiger partial charge in [-0.1, -0.05) is 18.2 Å². The van der Waals surface area contributed by atoms with Crippen molar-refractivity contribution < 1.29 is 22.7 Å². The first kappa shape index (κ1) is 14.3. The molecule has 0 aliphatic carbocycles. The Bertz CT molecular complexity index is 421. The van der Waals surface area contributed by atoms with Gasteiger partial charge in [0.15, 0.2) is 0 Å². The fraction of sp³-hybridized carbons (Fsp3) is 0.308. The second-order valence-corrected chi connectivity index (χ2v) is 3.73. The van der Waals surface area contributed by atoms with Crippen LogP contribution in [0.4, 0.5) is 13.2 Å². The fourth-order valence-electron chi connectivity index (χ4n) is 1.59. The highest BCUT2D eigenvalue weighted by Gasteiger charge is 2.39. The largest absolute Gasteiger partial charge is 0.465 e. The summed E-state index contributed by atoms with van der Waals surface area (Å²) in [4.78, 5) is 11.2. The maximum atomic E-state index is 12.8. The highest BCUT2D eigenvalue weighted by Crippen LogP contribution is 2.37. The smallest absolute Gasteiger partial charge is 0.396 e. The molecule has 0 aliphatic heterocycles. The van der Waals surface area contributed by atoms with Crippen LogP contribution >= 0.6 is 0 Å². The minimum atomic E-state index is -4.33. The number of benzene rings is 1. The zero-order valence-electron chi connectivity index (χ0n) is 9.83. The number of alkyl halides is 3. The molecule has 0 fully saturated rings. The first-order valence-corrected chi connectivity index (χ1v) is 5.26. The Morgan fingerprint density at radius 1 is 1.39 bits per heavy atom. The van der Waals surface area contributed by atoms with Crippen LogP contribution in [0.25, 0.3) is 0 Å². The maximum absolute atomic E-state index is 12.8. The van der Waals surface area contributed by atoms with Crippen molar-refractivity contribution in [3.63, 3.8) is 0 Å². The molecular weight excluding hydrogens is 245 g/mol. The zero-order valence-corrected chi connectivity index (χ0v) is 9.83. The van der Waals surface area contributed by atoms with E-state index in [0.717, 1.165) is 0 Å². The Morgan fingerprint density at radius 3 is 2.33 bits per heavy atom. The molecule has 1 atom stereocenters. The van der Waals surface area contributed by atoms with E-state index in [1.165, 1.54) is 37.5 Å². The summed E-state index contributed by atoms with van der Waals surface area (Å²) in [6.45, 7) is 3.32. The molecule has 1 rings (SSSR count). The molecule has 0 saturated heterocycles. The molecule has 0 radical (unpaired) electrons. The zero-order chi connectivity index (χ0) is 13.8. The number of rotatable bonds is 4. The number of ether oxygens (including phenoxy) is 1. The van der Waals surface area contributed by atoms with Crippen molar-refractivity contribution in [2.45, 2.75) is 18.5 Å². The quantitative estimate of drug-likeness (QED) is 0.608. The molecule has 1 aromatic rings. The predicted octanol–water partition coefficient (Wildman–Crippen LogP) is 3.70. The number of hydrogen-bond donors (Lipinski definition) is 0. The lowest BCUT2D eigenvalue weighted by Crippen LogP contribution is -2.20. The van der Waals surface area contributed by atoms with Gasteiger partial charge in [0.2, 0.25) is 0 Å². The lowest BCUT2D eigenvalue weighted by Gasteiger charge is -2.19. The van der Waals surface area contributed by atoms with Crippen LogP contribution in [0.2, 0.25) is 0 Å². The minimum Gasteiger partial charge on any atom is -0.465 e. The van der Waals surface area contributed by atoms with Gasteiger partial charge in [-0.25, -0.2) is 4.79 Å². The van der Waals surface area contributed by atoms with Gasteiger partial charge in [-0.05, 0) is 24.1 Å². The summed E-state index contributed by atoms with van der Waals surface area (Å²) in [5, 5.41) is 0. The molecule has 0 N–H and O–H groups in total. The van der Waals surface area contributed by atoms with E-state index in [4.69, 9.17) is 0 Å². The van der Waals surface area contributed by atoms with Crippen molar-refractivity contribution in [3.05, 3.63) is 48.0 Å². The number of methoxy groups -OCH3 is 1. The summed E-state index contributed by atoms with van der Waals surface area (Å²) in [6.07, 6.45) is -3.30. The van der Waals surface area contributed by atoms with Crippen LogP contribution in [0.3, 0.4) is 0 Å². The Balaban J connectivity index is 3.01. The molecule has 18 heavy (non-hydrogen) atoms. The summed E-state index contributed by atoms with van der Waals surface area (Å²) in [5.74, 6) is -2.17. The average Bonchev–Trinajstić information content (AvgIpc) is 2.34. The van der Waals surface area contributed by atoms with Crippen molar-refractivity contribution >= 4 is 5.97 Å². The van der Waals surface area contributed by atoms with Gasteiger partial charge in [0.1, 0.15) is 0 Å². The molecule has 0 heterocycles. The highest BCUT2D eigenvalue weighted by atomic mass is 19.4. The molecular formula is C13H13F3O2. The molecule has 1 unspecified atom stereocenters. The number of allylic oxidation sites excluding steroid dienone is 1. The van der Waals surface area contributed by atoms with Gasteiger partial charge in [-0.15, -0.1) is 6.58 Å². The van der Waals surface area contributed by atoms with Gasteiger partial charge < -0.3 is 4.74 Å². The molecule has 5 heteroatoms. The van der Waals surface area contributed by atoms with Crippen molar-refractivity contribution in [1.29, 1.82) is 0 Å². The Labute approximate surface area is 103 Å². The number of esters is 1. The minimum absolute atomic E-state index is 0.107. The molecule has 0 amide bonds. The first-order valence-electron chi connectivity index (χ1n) is 5.26. The van der Waals surface area contributed by atoms with Gasteiger partial charge >= 0.3 is 12.1 Å². The third-order valence-corrected chi connectivity index (χ3v) is 2.53. The van der Waals surface area contributed by atoms with E-state index < -0.39 is 18.1 Å². The number of carbonyl (C=O) groups is 1. The van der Waals surface area contributed by atoms with Crippen molar-refractivity contribution in [3.8, 4) is 0 Å². The van der Waals surface area contributed by atoms with Crippen LogP contribution < -0.4 is 0 Å². The van der Waals surface area contributed by atoms with Gasteiger partial charge in [-0.3, -0.25) is 0 Å². The second kappa shape index (κ2) is 5.71. The number of hydrogen-bond acceptors (Lipinski definition) is 2. The monoisotopic (exact) mass is 258 g/mol. The number of carbonyl (C=O) groups excluding carboxylic acids is 1. The summed E-state index contributed by atoms with van der Waals surface area (Å²) < 4.78 is 42.8. The molecule has 0 aromatic heterocycles. The van der Waals surface area contributed by atoms with Gasteiger partial charge in [0.05, 0.1) is 18.6 Å². The van der Waals surface area contributed by atoms with Gasteiger partial charge in [0.25, 0.3) is 0 Å². The van der Waals surface area contributed by atoms with Gasteiger partial charge in [-0.2, -0.15) is 13.2 Å². The average molecular weight is 258 g/mol. The topological polar surface area (TPSA) is 26.3 Å². The Kier molecular flexibility index (Phi) is 4.53. The van der Waals surface area contributed by atoms with E-state index in [1.807, 2.05) is 0 Å². The van der Waals surface area contributed by atoms with E-state index in [0.29, 0.717) is 0 Å². The summed E-state index contributed by atoms with van der Waals surface area (Å²) in [5.41, 5.74) is 0.329. The molecule has 0 saturated carbocycles.